The van der Waals surface area contributed by atoms with Gasteiger partial charge in [0.15, 0.2) is 5.58 Å². The van der Waals surface area contributed by atoms with Gasteiger partial charge in [0.2, 0.25) is 15.9 Å². The zero-order valence-electron chi connectivity index (χ0n) is 18.4. The number of benzene rings is 3. The molecule has 1 aliphatic rings. The van der Waals surface area contributed by atoms with Crippen LogP contribution >= 0.6 is 11.8 Å². The number of carbonyl (C=O) groups excluding carboxylic acids is 1. The lowest BCUT2D eigenvalue weighted by atomic mass is 10.1. The average molecular weight is 513 g/mol. The summed E-state index contributed by atoms with van der Waals surface area (Å²) in [5.74, 6) is -0.0993. The van der Waals surface area contributed by atoms with Crippen molar-refractivity contribution in [2.45, 2.75) is 10.1 Å². The standard InChI is InChI=1S/C23H20N4O6S2/c28-22(15-34-23-24-20-8-6-18(27(29)30)14-21(20)33-23)25-9-11-26(12-10-25)35(31,32)19-7-5-16-3-1-2-4-17(16)13-19/h1-8,13-14H,9-12,15H2. The molecule has 10 nitrogen and oxygen atoms in total. The number of sulfonamides is 1. The van der Waals surface area contributed by atoms with Gasteiger partial charge in [-0.2, -0.15) is 4.31 Å². The molecule has 4 aromatic rings. The Morgan fingerprint density at radius 3 is 2.51 bits per heavy atom. The van der Waals surface area contributed by atoms with Crippen LogP contribution in [0.1, 0.15) is 0 Å². The van der Waals surface area contributed by atoms with Gasteiger partial charge in [-0.25, -0.2) is 13.4 Å². The van der Waals surface area contributed by atoms with Gasteiger partial charge in [-0.15, -0.1) is 0 Å². The van der Waals surface area contributed by atoms with E-state index in [0.29, 0.717) is 5.52 Å². The van der Waals surface area contributed by atoms with Gasteiger partial charge in [0.05, 0.1) is 21.6 Å². The normalized spacial score (nSPS) is 15.0. The quantitative estimate of drug-likeness (QED) is 0.218. The van der Waals surface area contributed by atoms with Gasteiger partial charge in [-0.3, -0.25) is 14.9 Å². The van der Waals surface area contributed by atoms with Gasteiger partial charge in [0, 0.05) is 32.2 Å². The number of hydrogen-bond acceptors (Lipinski definition) is 8. The number of nitro groups is 1. The molecular weight excluding hydrogens is 492 g/mol. The van der Waals surface area contributed by atoms with Gasteiger partial charge in [-0.1, -0.05) is 42.1 Å². The van der Waals surface area contributed by atoms with Gasteiger partial charge in [0.25, 0.3) is 10.9 Å². The van der Waals surface area contributed by atoms with Crippen LogP contribution in [0.15, 0.2) is 75.2 Å². The van der Waals surface area contributed by atoms with Crippen molar-refractivity contribution in [1.82, 2.24) is 14.2 Å². The Kier molecular flexibility index (Phi) is 6.17. The zero-order chi connectivity index (χ0) is 24.6. The van der Waals surface area contributed by atoms with Gasteiger partial charge in [0.1, 0.15) is 5.52 Å². The second kappa shape index (κ2) is 9.29. The lowest BCUT2D eigenvalue weighted by molar-refractivity contribution is -0.384. The monoisotopic (exact) mass is 512 g/mol. The number of oxazole rings is 1. The molecule has 2 heterocycles. The van der Waals surface area contributed by atoms with E-state index in [1.165, 1.54) is 22.5 Å². The first-order chi connectivity index (χ1) is 16.8. The maximum absolute atomic E-state index is 13.1. The molecule has 3 aromatic carbocycles. The minimum atomic E-state index is -3.67. The highest BCUT2D eigenvalue weighted by molar-refractivity contribution is 7.99. The van der Waals surface area contributed by atoms with Crippen LogP contribution in [0.2, 0.25) is 0 Å². The van der Waals surface area contributed by atoms with Crippen molar-refractivity contribution in [3.8, 4) is 0 Å². The molecule has 0 aliphatic carbocycles. The second-order valence-electron chi connectivity index (χ2n) is 7.97. The summed E-state index contributed by atoms with van der Waals surface area (Å²) in [6, 6.07) is 16.8. The fraction of sp³-hybridized carbons (Fsp3) is 0.217. The van der Waals surface area contributed by atoms with Crippen LogP contribution < -0.4 is 0 Å². The van der Waals surface area contributed by atoms with Gasteiger partial charge < -0.3 is 9.32 Å². The molecule has 0 N–H and O–H groups in total. The third-order valence-corrected chi connectivity index (χ3v) is 8.54. The number of nitro benzene ring substituents is 1. The van der Waals surface area contributed by atoms with E-state index in [1.54, 1.807) is 23.1 Å². The van der Waals surface area contributed by atoms with E-state index >= 15 is 0 Å². The Bertz CT molecular complexity index is 1540. The molecule has 0 bridgehead atoms. The van der Waals surface area contributed by atoms with Crippen molar-refractivity contribution in [1.29, 1.82) is 0 Å². The summed E-state index contributed by atoms with van der Waals surface area (Å²) in [7, 11) is -3.67. The number of nitrogens with zero attached hydrogens (tertiary/aromatic N) is 4. The number of aromatic nitrogens is 1. The Hall–Kier alpha value is -3.48. The SMILES string of the molecule is O=C(CSc1nc2ccc([N+](=O)[O-])cc2o1)N1CCN(S(=O)(=O)c2ccc3ccccc3c2)CC1. The maximum atomic E-state index is 13.1. The number of non-ortho nitro benzene ring substituents is 1. The molecule has 1 aliphatic heterocycles. The van der Waals surface area contributed by atoms with Crippen LogP contribution in [0.4, 0.5) is 5.69 Å². The second-order valence-corrected chi connectivity index (χ2v) is 10.8. The molecule has 0 radical (unpaired) electrons. The first kappa shape index (κ1) is 23.3. The molecule has 0 unspecified atom stereocenters. The van der Waals surface area contributed by atoms with Gasteiger partial charge in [-0.05, 0) is 29.0 Å². The fourth-order valence-electron chi connectivity index (χ4n) is 3.94. The van der Waals surface area contributed by atoms with E-state index < -0.39 is 14.9 Å². The fourth-order valence-corrected chi connectivity index (χ4v) is 6.14. The van der Waals surface area contributed by atoms with Crippen LogP contribution in [-0.4, -0.2) is 65.4 Å². The van der Waals surface area contributed by atoms with Crippen LogP contribution in [0, 0.1) is 10.1 Å². The van der Waals surface area contributed by atoms with Crippen LogP contribution in [-0.2, 0) is 14.8 Å². The molecule has 1 saturated heterocycles. The van der Waals surface area contributed by atoms with E-state index in [4.69, 9.17) is 4.42 Å². The Morgan fingerprint density at radius 2 is 1.77 bits per heavy atom. The van der Waals surface area contributed by atoms with E-state index in [9.17, 15) is 23.3 Å². The summed E-state index contributed by atoms with van der Waals surface area (Å²) >= 11 is 1.10. The summed E-state index contributed by atoms with van der Waals surface area (Å²) in [4.78, 5) is 29.2. The number of rotatable bonds is 6. The van der Waals surface area contributed by atoms with Gasteiger partial charge >= 0.3 is 0 Å². The summed E-state index contributed by atoms with van der Waals surface area (Å²) in [5.41, 5.74) is 0.650. The van der Waals surface area contributed by atoms with E-state index in [-0.39, 0.29) is 59.2 Å². The molecule has 12 heteroatoms. The van der Waals surface area contributed by atoms with Crippen LogP contribution in [0.25, 0.3) is 21.9 Å². The lowest BCUT2D eigenvalue weighted by Gasteiger charge is -2.34. The summed E-state index contributed by atoms with van der Waals surface area (Å²) in [6.45, 7) is 0.980. The number of hydrogen-bond donors (Lipinski definition) is 0. The predicted octanol–water partition coefficient (Wildman–Crippen LogP) is 3.51. The Labute approximate surface area is 204 Å². The molecule has 180 valence electrons. The van der Waals surface area contributed by atoms with E-state index in [0.717, 1.165) is 22.5 Å². The van der Waals surface area contributed by atoms with E-state index in [1.807, 2.05) is 24.3 Å². The summed E-state index contributed by atoms with van der Waals surface area (Å²) in [6.07, 6.45) is 0. The van der Waals surface area contributed by atoms with Crippen molar-refractivity contribution in [2.75, 3.05) is 31.9 Å². The first-order valence-corrected chi connectivity index (χ1v) is 13.2. The molecule has 35 heavy (non-hydrogen) atoms. The summed E-state index contributed by atoms with van der Waals surface area (Å²) < 4.78 is 33.2. The Balaban J connectivity index is 1.19. The molecule has 1 fully saturated rings. The number of amides is 1. The molecule has 0 atom stereocenters. The zero-order valence-corrected chi connectivity index (χ0v) is 20.0. The van der Waals surface area contributed by atoms with Crippen molar-refractivity contribution >= 4 is 55.3 Å². The number of carbonyl (C=O) groups is 1. The van der Waals surface area contributed by atoms with Crippen LogP contribution in [0.3, 0.4) is 0 Å². The molecular formula is C23H20N4O6S2. The lowest BCUT2D eigenvalue weighted by Crippen LogP contribution is -2.50. The molecule has 5 rings (SSSR count). The minimum Gasteiger partial charge on any atom is -0.431 e. The van der Waals surface area contributed by atoms with Crippen molar-refractivity contribution in [2.24, 2.45) is 0 Å². The van der Waals surface area contributed by atoms with Crippen molar-refractivity contribution in [3.63, 3.8) is 0 Å². The highest BCUT2D eigenvalue weighted by Gasteiger charge is 2.30. The minimum absolute atomic E-state index is 0.0618. The first-order valence-electron chi connectivity index (χ1n) is 10.8. The highest BCUT2D eigenvalue weighted by Crippen LogP contribution is 2.27. The van der Waals surface area contributed by atoms with Crippen molar-refractivity contribution < 1.29 is 22.6 Å². The number of thioether (sulfide) groups is 1. The number of piperazine rings is 1. The Morgan fingerprint density at radius 1 is 1.03 bits per heavy atom. The third kappa shape index (κ3) is 4.72. The smallest absolute Gasteiger partial charge is 0.273 e. The highest BCUT2D eigenvalue weighted by atomic mass is 32.2. The van der Waals surface area contributed by atoms with E-state index in [2.05, 4.69) is 4.98 Å². The largest absolute Gasteiger partial charge is 0.431 e. The molecule has 0 saturated carbocycles. The van der Waals surface area contributed by atoms with Crippen LogP contribution in [0.5, 0.6) is 0 Å². The molecule has 1 aromatic heterocycles. The summed E-state index contributed by atoms with van der Waals surface area (Å²) in [5, 5.41) is 13.0. The predicted molar refractivity (Wildman–Crippen MR) is 131 cm³/mol. The average Bonchev–Trinajstić information content (AvgIpc) is 3.29. The number of fused-ring (bicyclic) bond motifs is 2. The molecule has 1 amide bonds. The van der Waals surface area contributed by atoms with Crippen molar-refractivity contribution in [3.05, 3.63) is 70.8 Å². The molecule has 0 spiro atoms. The topological polar surface area (TPSA) is 127 Å². The third-order valence-electron chi connectivity index (χ3n) is 5.83. The maximum Gasteiger partial charge on any atom is 0.273 e.